The van der Waals surface area contributed by atoms with Crippen LogP contribution in [0, 0.1) is 0 Å². The maximum atomic E-state index is 11.7. The number of cyclic esters (lactones) is 1. The Labute approximate surface area is 92.0 Å². The minimum Gasteiger partial charge on any atom is -0.456 e. The molecule has 2 heteroatoms. The summed E-state index contributed by atoms with van der Waals surface area (Å²) in [4.78, 5) is 11.7. The number of rotatable bonds is 4. The molecule has 0 aromatic rings. The lowest BCUT2D eigenvalue weighted by molar-refractivity contribution is -0.153. The molecule has 0 saturated heterocycles. The molecule has 0 unspecified atom stereocenters. The van der Waals surface area contributed by atoms with Gasteiger partial charge in [-0.05, 0) is 40.0 Å². The largest absolute Gasteiger partial charge is 0.456 e. The zero-order valence-corrected chi connectivity index (χ0v) is 9.93. The summed E-state index contributed by atoms with van der Waals surface area (Å²) in [6.45, 7) is 9.61. The molecule has 0 atom stereocenters. The van der Waals surface area contributed by atoms with Crippen LogP contribution in [0.2, 0.25) is 0 Å². The van der Waals surface area contributed by atoms with Crippen LogP contribution in [0.15, 0.2) is 23.8 Å². The zero-order valence-electron chi connectivity index (χ0n) is 9.93. The first-order valence-electron chi connectivity index (χ1n) is 5.49. The van der Waals surface area contributed by atoms with Crippen molar-refractivity contribution in [1.29, 1.82) is 0 Å². The van der Waals surface area contributed by atoms with Gasteiger partial charge in [0.05, 0.1) is 0 Å². The number of ether oxygens (including phenoxy) is 1. The second kappa shape index (κ2) is 4.65. The van der Waals surface area contributed by atoms with E-state index in [-0.39, 0.29) is 11.6 Å². The Morgan fingerprint density at radius 3 is 2.73 bits per heavy atom. The van der Waals surface area contributed by atoms with Gasteiger partial charge in [-0.2, -0.15) is 0 Å². The summed E-state index contributed by atoms with van der Waals surface area (Å²) < 4.78 is 5.36. The minimum atomic E-state index is -0.330. The van der Waals surface area contributed by atoms with Crippen LogP contribution in [0.1, 0.15) is 46.5 Å². The molecule has 0 spiro atoms. The highest BCUT2D eigenvalue weighted by Gasteiger charge is 2.31. The Hall–Kier alpha value is -1.05. The topological polar surface area (TPSA) is 26.3 Å². The number of hydrogen-bond donors (Lipinski definition) is 0. The third-order valence-corrected chi connectivity index (χ3v) is 2.66. The van der Waals surface area contributed by atoms with Gasteiger partial charge < -0.3 is 4.74 Å². The van der Waals surface area contributed by atoms with E-state index in [9.17, 15) is 4.79 Å². The summed E-state index contributed by atoms with van der Waals surface area (Å²) in [6, 6.07) is 0. The van der Waals surface area contributed by atoms with Gasteiger partial charge in [0, 0.05) is 12.0 Å². The highest BCUT2D eigenvalue weighted by Crippen LogP contribution is 2.31. The van der Waals surface area contributed by atoms with Gasteiger partial charge in [-0.3, -0.25) is 0 Å². The molecule has 0 aliphatic carbocycles. The number of esters is 1. The van der Waals surface area contributed by atoms with Crippen LogP contribution in [0.4, 0.5) is 0 Å². The van der Waals surface area contributed by atoms with E-state index in [1.54, 1.807) is 0 Å². The van der Waals surface area contributed by atoms with E-state index in [4.69, 9.17) is 4.74 Å². The molecule has 2 nitrogen and oxygen atoms in total. The van der Waals surface area contributed by atoms with Gasteiger partial charge >= 0.3 is 5.97 Å². The first-order valence-corrected chi connectivity index (χ1v) is 5.49. The molecule has 0 aromatic carbocycles. The van der Waals surface area contributed by atoms with Gasteiger partial charge in [0.25, 0.3) is 0 Å². The fourth-order valence-corrected chi connectivity index (χ4v) is 2.01. The Morgan fingerprint density at radius 1 is 1.53 bits per heavy atom. The van der Waals surface area contributed by atoms with Crippen molar-refractivity contribution in [2.75, 3.05) is 0 Å². The van der Waals surface area contributed by atoms with E-state index in [1.807, 2.05) is 26.8 Å². The SMILES string of the molecule is C=CCCCC1=C(C)CC(C)(C)OC1=O. The first kappa shape index (κ1) is 12.0. The van der Waals surface area contributed by atoms with Crippen molar-refractivity contribution in [3.8, 4) is 0 Å². The molecular formula is C13H20O2. The molecule has 0 radical (unpaired) electrons. The van der Waals surface area contributed by atoms with Crippen LogP contribution in [0.25, 0.3) is 0 Å². The molecule has 15 heavy (non-hydrogen) atoms. The molecule has 1 heterocycles. The van der Waals surface area contributed by atoms with Crippen molar-refractivity contribution >= 4 is 5.97 Å². The third kappa shape index (κ3) is 3.22. The van der Waals surface area contributed by atoms with E-state index in [0.29, 0.717) is 0 Å². The van der Waals surface area contributed by atoms with Crippen LogP contribution >= 0.6 is 0 Å². The number of allylic oxidation sites excluding steroid dienone is 1. The number of carbonyl (C=O) groups excluding carboxylic acids is 1. The summed E-state index contributed by atoms with van der Waals surface area (Å²) in [6.07, 6.45) is 5.47. The number of carbonyl (C=O) groups is 1. The van der Waals surface area contributed by atoms with Gasteiger partial charge in [0.1, 0.15) is 5.60 Å². The Bertz CT molecular complexity index is 298. The quantitative estimate of drug-likeness (QED) is 0.402. The van der Waals surface area contributed by atoms with Crippen molar-refractivity contribution in [3.05, 3.63) is 23.8 Å². The van der Waals surface area contributed by atoms with E-state index in [1.165, 1.54) is 5.57 Å². The molecule has 0 aromatic heterocycles. The van der Waals surface area contributed by atoms with Crippen LogP contribution in [0.3, 0.4) is 0 Å². The lowest BCUT2D eigenvalue weighted by Gasteiger charge is -2.31. The van der Waals surface area contributed by atoms with Crippen LogP contribution in [-0.4, -0.2) is 11.6 Å². The molecule has 84 valence electrons. The summed E-state index contributed by atoms with van der Waals surface area (Å²) in [5, 5.41) is 0. The van der Waals surface area contributed by atoms with Gasteiger partial charge in [0.2, 0.25) is 0 Å². The first-order chi connectivity index (χ1) is 6.96. The number of unbranched alkanes of at least 4 members (excludes halogenated alkanes) is 1. The van der Waals surface area contributed by atoms with Gasteiger partial charge in [0.15, 0.2) is 0 Å². The highest BCUT2D eigenvalue weighted by molar-refractivity contribution is 5.90. The van der Waals surface area contributed by atoms with Gasteiger partial charge in [-0.25, -0.2) is 4.79 Å². The fraction of sp³-hybridized carbons (Fsp3) is 0.615. The lowest BCUT2D eigenvalue weighted by Crippen LogP contribution is -2.33. The molecule has 1 aliphatic heterocycles. The Balaban J connectivity index is 2.69. The molecule has 0 amide bonds. The second-order valence-electron chi connectivity index (χ2n) is 4.77. The van der Waals surface area contributed by atoms with Gasteiger partial charge in [-0.15, -0.1) is 6.58 Å². The van der Waals surface area contributed by atoms with E-state index >= 15 is 0 Å². The maximum absolute atomic E-state index is 11.7. The summed E-state index contributed by atoms with van der Waals surface area (Å²) >= 11 is 0. The van der Waals surface area contributed by atoms with Crippen molar-refractivity contribution in [3.63, 3.8) is 0 Å². The fourth-order valence-electron chi connectivity index (χ4n) is 2.01. The van der Waals surface area contributed by atoms with E-state index in [2.05, 4.69) is 6.58 Å². The zero-order chi connectivity index (χ0) is 11.5. The van der Waals surface area contributed by atoms with Crippen molar-refractivity contribution < 1.29 is 9.53 Å². The van der Waals surface area contributed by atoms with Crippen molar-refractivity contribution in [2.24, 2.45) is 0 Å². The monoisotopic (exact) mass is 208 g/mol. The molecule has 0 saturated carbocycles. The Morgan fingerprint density at radius 2 is 2.20 bits per heavy atom. The number of hydrogen-bond acceptors (Lipinski definition) is 2. The maximum Gasteiger partial charge on any atom is 0.334 e. The Kier molecular flexibility index (Phi) is 3.72. The minimum absolute atomic E-state index is 0.132. The molecular weight excluding hydrogens is 188 g/mol. The lowest BCUT2D eigenvalue weighted by atomic mass is 9.90. The normalized spacial score (nSPS) is 20.1. The predicted molar refractivity (Wildman–Crippen MR) is 61.5 cm³/mol. The molecule has 1 rings (SSSR count). The summed E-state index contributed by atoms with van der Waals surface area (Å²) in [5.41, 5.74) is 1.72. The standard InChI is InChI=1S/C13H20O2/c1-5-6-7-8-11-10(2)9-13(3,4)15-12(11)14/h5H,1,6-9H2,2-4H3. The third-order valence-electron chi connectivity index (χ3n) is 2.66. The summed E-state index contributed by atoms with van der Waals surface area (Å²) in [5.74, 6) is -0.132. The second-order valence-corrected chi connectivity index (χ2v) is 4.77. The van der Waals surface area contributed by atoms with E-state index in [0.717, 1.165) is 31.3 Å². The molecule has 0 N–H and O–H groups in total. The average Bonchev–Trinajstić information content (AvgIpc) is 2.08. The molecule has 1 aliphatic rings. The van der Waals surface area contributed by atoms with Crippen LogP contribution in [-0.2, 0) is 9.53 Å². The highest BCUT2D eigenvalue weighted by atomic mass is 16.6. The van der Waals surface area contributed by atoms with Crippen LogP contribution in [0.5, 0.6) is 0 Å². The van der Waals surface area contributed by atoms with E-state index < -0.39 is 0 Å². The predicted octanol–water partition coefficient (Wildman–Crippen LogP) is 3.38. The van der Waals surface area contributed by atoms with Crippen molar-refractivity contribution in [1.82, 2.24) is 0 Å². The van der Waals surface area contributed by atoms with Gasteiger partial charge in [-0.1, -0.05) is 11.6 Å². The van der Waals surface area contributed by atoms with Crippen molar-refractivity contribution in [2.45, 2.75) is 52.1 Å². The summed E-state index contributed by atoms with van der Waals surface area (Å²) in [7, 11) is 0. The van der Waals surface area contributed by atoms with Crippen LogP contribution < -0.4 is 0 Å². The smallest absolute Gasteiger partial charge is 0.334 e. The average molecular weight is 208 g/mol. The molecule has 0 fully saturated rings. The molecule has 0 bridgehead atoms.